The van der Waals surface area contributed by atoms with Gasteiger partial charge in [-0.15, -0.1) is 11.3 Å². The number of carbonyl (C=O) groups is 3. The summed E-state index contributed by atoms with van der Waals surface area (Å²) >= 11 is 1.98. The highest BCUT2D eigenvalue weighted by molar-refractivity contribution is 7.99. The van der Waals surface area contributed by atoms with E-state index in [9.17, 15) is 33.3 Å². The lowest BCUT2D eigenvalue weighted by molar-refractivity contribution is -0.150. The van der Waals surface area contributed by atoms with Crippen molar-refractivity contribution in [3.05, 3.63) is 43.1 Å². The number of β-lactam (4-membered cyclic amide) rings is 1. The van der Waals surface area contributed by atoms with Gasteiger partial charge in [0.25, 0.3) is 11.8 Å². The monoisotopic (exact) mass is 570 g/mol. The average molecular weight is 571 g/mol. The number of hydrogen-bond acceptors (Lipinski definition) is 13. The Bertz CT molecular complexity index is 1510. The predicted octanol–water partition coefficient (Wildman–Crippen LogP) is -2.60. The van der Waals surface area contributed by atoms with Gasteiger partial charge in [0.15, 0.2) is 16.0 Å². The number of aliphatic carboxylic acids is 1. The van der Waals surface area contributed by atoms with Crippen molar-refractivity contribution in [1.29, 1.82) is 0 Å². The molecule has 3 unspecified atom stereocenters. The van der Waals surface area contributed by atoms with Crippen LogP contribution in [0.2, 0.25) is 0 Å². The summed E-state index contributed by atoms with van der Waals surface area (Å²) in [5.74, 6) is -3.36. The molecule has 4 rings (SSSR count). The number of oxime groups is 1. The molecule has 2 amide bonds. The lowest BCUT2D eigenvalue weighted by Crippen LogP contribution is -2.74. The number of H-pyrrole nitrogens is 1. The molecule has 19 heteroatoms. The summed E-state index contributed by atoms with van der Waals surface area (Å²) in [6.07, 6.45) is 0. The molecule has 2 aromatic rings. The van der Waals surface area contributed by atoms with E-state index in [4.69, 9.17) is 5.73 Å². The fraction of sp³-hybridized carbons (Fsp3) is 0.333. The quantitative estimate of drug-likeness (QED) is 0.0841. The number of carbonyl (C=O) groups excluding carboxylic acids is 2. The van der Waals surface area contributed by atoms with E-state index < -0.39 is 51.1 Å². The van der Waals surface area contributed by atoms with Crippen molar-refractivity contribution in [1.82, 2.24) is 30.0 Å². The predicted molar refractivity (Wildman–Crippen MR) is 131 cm³/mol. The maximum Gasteiger partial charge on any atom is 0.352 e. The van der Waals surface area contributed by atoms with Gasteiger partial charge in [0.1, 0.15) is 29.9 Å². The number of carboxylic acids is 1. The molecule has 5 N–H and O–H groups in total. The second-order valence-corrected chi connectivity index (χ2v) is 10.9. The molecule has 2 aromatic heterocycles. The van der Waals surface area contributed by atoms with Crippen LogP contribution in [0.3, 0.4) is 0 Å². The van der Waals surface area contributed by atoms with Crippen LogP contribution in [0.25, 0.3) is 0 Å². The number of aromatic nitrogens is 4. The van der Waals surface area contributed by atoms with Crippen LogP contribution in [-0.4, -0.2) is 87.5 Å². The number of thiazole rings is 1. The van der Waals surface area contributed by atoms with Crippen LogP contribution >= 0.6 is 23.1 Å². The third kappa shape index (κ3) is 4.91. The minimum atomic E-state index is -1.79. The summed E-state index contributed by atoms with van der Waals surface area (Å²) in [6, 6.07) is -1.28. The number of aryl methyl sites for hydroxylation is 1. The second kappa shape index (κ2) is 10.3. The van der Waals surface area contributed by atoms with Crippen molar-refractivity contribution < 1.29 is 28.5 Å². The van der Waals surface area contributed by atoms with Gasteiger partial charge in [0, 0.05) is 18.2 Å². The molecule has 0 saturated carbocycles. The second-order valence-electron chi connectivity index (χ2n) is 7.51. The van der Waals surface area contributed by atoms with E-state index >= 15 is 0 Å². The molecule has 16 nitrogen and oxygen atoms in total. The first kappa shape index (κ1) is 26.2. The molecule has 0 aromatic carbocycles. The van der Waals surface area contributed by atoms with Gasteiger partial charge in [-0.25, -0.2) is 9.78 Å². The van der Waals surface area contributed by atoms with Gasteiger partial charge >= 0.3 is 17.1 Å². The van der Waals surface area contributed by atoms with Gasteiger partial charge in [0.05, 0.1) is 16.6 Å². The Labute approximate surface area is 217 Å². The van der Waals surface area contributed by atoms with Crippen molar-refractivity contribution in [2.75, 3.05) is 24.3 Å². The van der Waals surface area contributed by atoms with Crippen LogP contribution in [0.1, 0.15) is 5.69 Å². The molecule has 0 bridgehead atoms. The first-order valence-corrected chi connectivity index (χ1v) is 13.4. The third-order valence-electron chi connectivity index (χ3n) is 5.18. The van der Waals surface area contributed by atoms with Crippen molar-refractivity contribution >= 4 is 62.5 Å². The summed E-state index contributed by atoms with van der Waals surface area (Å²) in [6.45, 7) is 0. The number of amides is 2. The number of rotatable bonds is 8. The molecule has 3 atom stereocenters. The molecule has 2 aliphatic rings. The molecule has 4 heterocycles. The van der Waals surface area contributed by atoms with Gasteiger partial charge in [-0.2, -0.15) is 4.98 Å². The fourth-order valence-electron chi connectivity index (χ4n) is 3.61. The van der Waals surface area contributed by atoms with E-state index in [2.05, 4.69) is 30.4 Å². The molecule has 1 fully saturated rings. The molecule has 37 heavy (non-hydrogen) atoms. The molecule has 0 radical (unpaired) electrons. The highest BCUT2D eigenvalue weighted by atomic mass is 32.2. The van der Waals surface area contributed by atoms with E-state index in [0.29, 0.717) is 0 Å². The Hall–Kier alpha value is -3.84. The Morgan fingerprint density at radius 1 is 1.41 bits per heavy atom. The van der Waals surface area contributed by atoms with Gasteiger partial charge in [-0.3, -0.25) is 38.1 Å². The van der Waals surface area contributed by atoms with Gasteiger partial charge in [0.2, 0.25) is 0 Å². The smallest absolute Gasteiger partial charge is 0.352 e. The average Bonchev–Trinajstić information content (AvgIpc) is 3.27. The van der Waals surface area contributed by atoms with Crippen molar-refractivity contribution in [3.63, 3.8) is 0 Å². The normalized spacial score (nSPS) is 21.4. The molecule has 2 aliphatic heterocycles. The van der Waals surface area contributed by atoms with Crippen molar-refractivity contribution in [2.24, 2.45) is 12.2 Å². The van der Waals surface area contributed by atoms with Crippen LogP contribution in [0.5, 0.6) is 0 Å². The van der Waals surface area contributed by atoms with E-state index in [0.717, 1.165) is 28.0 Å². The van der Waals surface area contributed by atoms with E-state index in [-0.39, 0.29) is 44.5 Å². The van der Waals surface area contributed by atoms with E-state index in [1.165, 1.54) is 24.2 Å². The van der Waals surface area contributed by atoms with Crippen molar-refractivity contribution in [2.45, 2.75) is 16.6 Å². The highest BCUT2D eigenvalue weighted by Gasteiger charge is 2.57. The lowest BCUT2D eigenvalue weighted by Gasteiger charge is -2.49. The zero-order chi connectivity index (χ0) is 27.0. The Balaban J connectivity index is 1.56. The minimum absolute atomic E-state index is 0.0802. The topological polar surface area (TPSA) is 232 Å². The summed E-state index contributed by atoms with van der Waals surface area (Å²) in [5, 5.41) is 18.7. The van der Waals surface area contributed by atoms with Crippen LogP contribution < -0.4 is 22.2 Å². The van der Waals surface area contributed by atoms with Crippen LogP contribution in [0, 0.1) is 0 Å². The van der Waals surface area contributed by atoms with Gasteiger partial charge in [-0.05, 0) is 5.57 Å². The Kier molecular flexibility index (Phi) is 7.28. The minimum Gasteiger partial charge on any atom is -0.477 e. The zero-order valence-corrected chi connectivity index (χ0v) is 21.4. The summed E-state index contributed by atoms with van der Waals surface area (Å²) < 4.78 is 14.2. The van der Waals surface area contributed by atoms with E-state index in [1.807, 2.05) is 0 Å². The standard InChI is InChI=1S/C18H18N8O8S3/c1-25-18(22-12(28)13(29)23-25)36-3-6-5-37(33)15-9(14(30)26(15)10(6)16(31)32)21-11(27)8(24-34-2)7-4-35-17(19)20-7/h4,9,15H,3,5H2,1-2H3,(H2,19,20)(H,21,27)(H,23,29)(H,31,32)/b24-8-. The van der Waals surface area contributed by atoms with Gasteiger partial charge < -0.3 is 21.0 Å². The number of hydrogen-bond donors (Lipinski definition) is 4. The number of thioether (sulfide) groups is 1. The summed E-state index contributed by atoms with van der Waals surface area (Å²) in [4.78, 5) is 74.0. The SMILES string of the molecule is CO/N=C(\C(=O)NC1C(=O)N2C(C(=O)O)=C(CSc3nc(=O)c(=O)[nH]n3C)CS(=O)C12)c1csc(N)n1. The summed E-state index contributed by atoms with van der Waals surface area (Å²) in [7, 11) is 0.856. The molecule has 0 spiro atoms. The number of nitrogens with zero attached hydrogens (tertiary/aromatic N) is 5. The number of anilines is 1. The Morgan fingerprint density at radius 3 is 2.76 bits per heavy atom. The summed E-state index contributed by atoms with van der Waals surface area (Å²) in [5.41, 5.74) is 3.27. The van der Waals surface area contributed by atoms with E-state index in [1.54, 1.807) is 0 Å². The van der Waals surface area contributed by atoms with Gasteiger partial charge in [-0.1, -0.05) is 16.9 Å². The number of nitrogens with one attached hydrogen (secondary N) is 2. The van der Waals surface area contributed by atoms with Crippen LogP contribution in [0.15, 0.2) is 36.6 Å². The largest absolute Gasteiger partial charge is 0.477 e. The molecule has 0 aliphatic carbocycles. The number of carboxylic acid groups (broad SMARTS) is 1. The number of aromatic amines is 1. The zero-order valence-electron chi connectivity index (χ0n) is 19.0. The Morgan fingerprint density at radius 2 is 2.14 bits per heavy atom. The first-order valence-electron chi connectivity index (χ1n) is 10.1. The van der Waals surface area contributed by atoms with Crippen LogP contribution in [0.4, 0.5) is 5.13 Å². The first-order chi connectivity index (χ1) is 17.5. The fourth-order valence-corrected chi connectivity index (χ4v) is 6.90. The highest BCUT2D eigenvalue weighted by Crippen LogP contribution is 2.36. The molecular weight excluding hydrogens is 552 g/mol. The number of fused-ring (bicyclic) bond motifs is 1. The molecule has 196 valence electrons. The number of nitrogens with two attached hydrogens (primary N) is 1. The lowest BCUT2D eigenvalue weighted by atomic mass is 10.0. The molecular formula is C18H18N8O8S3. The molecule has 1 saturated heterocycles. The van der Waals surface area contributed by atoms with Crippen molar-refractivity contribution in [3.8, 4) is 0 Å². The third-order valence-corrected chi connectivity index (χ3v) is 8.62. The van der Waals surface area contributed by atoms with Crippen LogP contribution in [-0.2, 0) is 37.1 Å². The maximum atomic E-state index is 13.0. The number of nitrogen functional groups attached to an aromatic ring is 1. The maximum absolute atomic E-state index is 13.0.